The number of aromatic nitrogens is 1. The van der Waals surface area contributed by atoms with Crippen LogP contribution in [0.3, 0.4) is 0 Å². The van der Waals surface area contributed by atoms with Crippen LogP contribution >= 0.6 is 23.2 Å². The molecule has 0 fully saturated rings. The topological polar surface area (TPSA) is 72.1 Å². The zero-order valence-electron chi connectivity index (χ0n) is 14.7. The van der Waals surface area contributed by atoms with Crippen molar-refractivity contribution in [1.29, 1.82) is 5.26 Å². The molecule has 0 N–H and O–H groups in total. The molecule has 140 valence electrons. The molecule has 0 aliphatic heterocycles. The first-order valence-electron chi connectivity index (χ1n) is 8.22. The van der Waals surface area contributed by atoms with Crippen LogP contribution in [0.15, 0.2) is 59.7 Å². The zero-order valence-corrected chi connectivity index (χ0v) is 16.2. The number of halogens is 3. The summed E-state index contributed by atoms with van der Waals surface area (Å²) < 4.78 is 14.0. The van der Waals surface area contributed by atoms with Crippen LogP contribution in [0.5, 0.6) is 0 Å². The zero-order chi connectivity index (χ0) is 20.3. The van der Waals surface area contributed by atoms with E-state index in [9.17, 15) is 9.50 Å². The lowest BCUT2D eigenvalue weighted by Crippen LogP contribution is -2.21. The highest BCUT2D eigenvalue weighted by atomic mass is 35.5. The monoisotopic (exact) mass is 412 g/mol. The van der Waals surface area contributed by atoms with Gasteiger partial charge in [0.05, 0.1) is 27.4 Å². The predicted molar refractivity (Wildman–Crippen MR) is 105 cm³/mol. The molecular formula is C21H13Cl2FN3O-. The van der Waals surface area contributed by atoms with Crippen LogP contribution in [0.1, 0.15) is 34.0 Å². The Morgan fingerprint density at radius 1 is 1.18 bits per heavy atom. The quantitative estimate of drug-likeness (QED) is 0.464. The van der Waals surface area contributed by atoms with Crippen molar-refractivity contribution in [2.45, 2.75) is 13.0 Å². The van der Waals surface area contributed by atoms with Gasteiger partial charge in [0, 0.05) is 6.20 Å². The van der Waals surface area contributed by atoms with Gasteiger partial charge in [0.1, 0.15) is 11.9 Å². The van der Waals surface area contributed by atoms with Gasteiger partial charge in [0.25, 0.3) is 0 Å². The molecular weight excluding hydrogens is 400 g/mol. The summed E-state index contributed by atoms with van der Waals surface area (Å²) >= 11 is 12.0. The summed E-state index contributed by atoms with van der Waals surface area (Å²) in [6.07, 6.45) is 1.52. The smallest absolute Gasteiger partial charge is 0.142 e. The van der Waals surface area contributed by atoms with Crippen LogP contribution in [0.2, 0.25) is 10.0 Å². The van der Waals surface area contributed by atoms with Gasteiger partial charge in [-0.3, -0.25) is 9.98 Å². The summed E-state index contributed by atoms with van der Waals surface area (Å²) in [6, 6.07) is 13.2. The molecule has 28 heavy (non-hydrogen) atoms. The molecule has 0 saturated heterocycles. The predicted octanol–water partition coefficient (Wildman–Crippen LogP) is 4.60. The van der Waals surface area contributed by atoms with E-state index in [0.29, 0.717) is 33.0 Å². The SMILES string of the molecule is Cc1cc(C([O-])=NC(c2ccc(Cl)c(F)c2)c2ncccc2Cl)ccc1C#N. The maximum Gasteiger partial charge on any atom is 0.142 e. The molecule has 7 heteroatoms. The first kappa shape index (κ1) is 19.8. The average Bonchev–Trinajstić information content (AvgIpc) is 2.68. The van der Waals surface area contributed by atoms with Gasteiger partial charge in [0.15, 0.2) is 0 Å². The average molecular weight is 413 g/mol. The normalized spacial score (nSPS) is 12.5. The molecule has 3 aromatic rings. The Labute approximate surface area is 171 Å². The Morgan fingerprint density at radius 2 is 1.96 bits per heavy atom. The van der Waals surface area contributed by atoms with Gasteiger partial charge in [-0.1, -0.05) is 35.3 Å². The van der Waals surface area contributed by atoms with Crippen LogP contribution in [-0.2, 0) is 0 Å². The van der Waals surface area contributed by atoms with Crippen LogP contribution in [0.4, 0.5) is 4.39 Å². The van der Waals surface area contributed by atoms with E-state index in [1.807, 2.05) is 6.07 Å². The molecule has 0 bridgehead atoms. The number of hydrogen-bond donors (Lipinski definition) is 0. The highest BCUT2D eigenvalue weighted by Gasteiger charge is 2.19. The third kappa shape index (κ3) is 4.14. The van der Waals surface area contributed by atoms with Crippen molar-refractivity contribution in [1.82, 2.24) is 4.98 Å². The molecule has 1 heterocycles. The molecule has 0 saturated carbocycles. The van der Waals surface area contributed by atoms with Crippen LogP contribution < -0.4 is 5.11 Å². The van der Waals surface area contributed by atoms with E-state index in [2.05, 4.69) is 9.98 Å². The fourth-order valence-corrected chi connectivity index (χ4v) is 3.03. The molecule has 1 atom stereocenters. The van der Waals surface area contributed by atoms with E-state index in [4.69, 9.17) is 28.5 Å². The van der Waals surface area contributed by atoms with Crippen molar-refractivity contribution in [2.75, 3.05) is 0 Å². The molecule has 0 spiro atoms. The van der Waals surface area contributed by atoms with Crippen molar-refractivity contribution >= 4 is 29.1 Å². The largest absolute Gasteiger partial charge is 0.858 e. The number of nitrogens with zero attached hydrogens (tertiary/aromatic N) is 3. The summed E-state index contributed by atoms with van der Waals surface area (Å²) in [5.74, 6) is -1.16. The van der Waals surface area contributed by atoms with Crippen molar-refractivity contribution in [3.05, 3.63) is 98.5 Å². The van der Waals surface area contributed by atoms with Crippen molar-refractivity contribution < 1.29 is 9.50 Å². The second kappa shape index (κ2) is 8.39. The van der Waals surface area contributed by atoms with Crippen molar-refractivity contribution in [2.24, 2.45) is 4.99 Å². The second-order valence-electron chi connectivity index (χ2n) is 6.02. The fourth-order valence-electron chi connectivity index (χ4n) is 2.69. The summed E-state index contributed by atoms with van der Waals surface area (Å²) in [5.41, 5.74) is 2.16. The Hall–Kier alpha value is -2.94. The summed E-state index contributed by atoms with van der Waals surface area (Å²) in [6.45, 7) is 1.73. The number of rotatable bonds is 4. The molecule has 2 aromatic carbocycles. The van der Waals surface area contributed by atoms with E-state index in [1.165, 1.54) is 24.4 Å². The fraction of sp³-hybridized carbons (Fsp3) is 0.0952. The summed E-state index contributed by atoms with van der Waals surface area (Å²) in [5, 5.41) is 22.1. The molecule has 1 unspecified atom stereocenters. The maximum atomic E-state index is 14.0. The molecule has 3 rings (SSSR count). The molecule has 4 nitrogen and oxygen atoms in total. The van der Waals surface area contributed by atoms with Crippen LogP contribution in [-0.4, -0.2) is 10.9 Å². The number of benzene rings is 2. The number of pyridine rings is 1. The van der Waals surface area contributed by atoms with Gasteiger partial charge >= 0.3 is 0 Å². The van der Waals surface area contributed by atoms with Gasteiger partial charge in [-0.25, -0.2) is 4.39 Å². The minimum atomic E-state index is -0.913. The summed E-state index contributed by atoms with van der Waals surface area (Å²) in [4.78, 5) is 8.46. The van der Waals surface area contributed by atoms with E-state index in [1.54, 1.807) is 37.3 Å². The van der Waals surface area contributed by atoms with Gasteiger partial charge in [-0.2, -0.15) is 5.26 Å². The Morgan fingerprint density at radius 3 is 2.61 bits per heavy atom. The van der Waals surface area contributed by atoms with E-state index in [0.717, 1.165) is 0 Å². The maximum absolute atomic E-state index is 14.0. The minimum absolute atomic E-state index is 0.0383. The van der Waals surface area contributed by atoms with E-state index in [-0.39, 0.29) is 5.02 Å². The van der Waals surface area contributed by atoms with Gasteiger partial charge in [-0.05, 0) is 65.9 Å². The van der Waals surface area contributed by atoms with Gasteiger partial charge in [0.2, 0.25) is 0 Å². The number of aryl methyl sites for hydroxylation is 1. The molecule has 0 amide bonds. The third-order valence-corrected chi connectivity index (χ3v) is 4.77. The molecule has 0 radical (unpaired) electrons. The standard InChI is InChI=1S/C21H14Cl2FN3O/c1-12-9-14(4-5-15(12)11-25)21(28)27-19(20-17(23)3-2-8-26-20)13-6-7-16(22)18(24)10-13/h2-10,19H,1H3,(H,27,28)/p-1. The first-order chi connectivity index (χ1) is 13.4. The molecule has 1 aromatic heterocycles. The minimum Gasteiger partial charge on any atom is -0.858 e. The lowest BCUT2D eigenvalue weighted by Gasteiger charge is -2.20. The molecule has 0 aliphatic carbocycles. The Bertz CT molecular complexity index is 1110. The number of hydrogen-bond acceptors (Lipinski definition) is 4. The molecule has 0 aliphatic rings. The van der Waals surface area contributed by atoms with Crippen LogP contribution in [0.25, 0.3) is 0 Å². The number of aliphatic imine (C=N–C) groups is 1. The highest BCUT2D eigenvalue weighted by molar-refractivity contribution is 6.31. The Balaban J connectivity index is 2.12. The highest BCUT2D eigenvalue weighted by Crippen LogP contribution is 2.31. The van der Waals surface area contributed by atoms with Gasteiger partial charge in [-0.15, -0.1) is 0 Å². The first-order valence-corrected chi connectivity index (χ1v) is 8.97. The lowest BCUT2D eigenvalue weighted by atomic mass is 10.0. The summed E-state index contributed by atoms with van der Waals surface area (Å²) in [7, 11) is 0. The number of nitriles is 1. The lowest BCUT2D eigenvalue weighted by molar-refractivity contribution is -0.213. The van der Waals surface area contributed by atoms with Gasteiger partial charge < -0.3 is 5.11 Å². The van der Waals surface area contributed by atoms with E-state index < -0.39 is 17.8 Å². The second-order valence-corrected chi connectivity index (χ2v) is 6.84. The van der Waals surface area contributed by atoms with E-state index >= 15 is 0 Å². The van der Waals surface area contributed by atoms with Crippen LogP contribution in [0, 0.1) is 24.1 Å². The van der Waals surface area contributed by atoms with Crippen molar-refractivity contribution in [3.8, 4) is 6.07 Å². The third-order valence-electron chi connectivity index (χ3n) is 4.15. The van der Waals surface area contributed by atoms with Crippen molar-refractivity contribution in [3.63, 3.8) is 0 Å². The Kier molecular flexibility index (Phi) is 5.93.